The second-order valence-corrected chi connectivity index (χ2v) is 7.60. The Balaban J connectivity index is 1.55. The first kappa shape index (κ1) is 22.8. The van der Waals surface area contributed by atoms with Crippen LogP contribution in [0.15, 0.2) is 47.7 Å². The zero-order valence-electron chi connectivity index (χ0n) is 18.5. The summed E-state index contributed by atoms with van der Waals surface area (Å²) in [5.74, 6) is 2.33. The van der Waals surface area contributed by atoms with Crippen molar-refractivity contribution in [2.45, 2.75) is 32.0 Å². The fourth-order valence-corrected chi connectivity index (χ4v) is 3.69. The molecule has 0 radical (unpaired) electrons. The Morgan fingerprint density at radius 2 is 1.94 bits per heavy atom. The normalized spacial score (nSPS) is 17.9. The standard InChI is InChI=1S/C23H33N5O3/c1-4-25-23(26-14-22(29)18-5-8-24-9-6-18)27-19-7-10-28(16-19)15-17-11-20(30-2)13-21(12-17)31-3/h5-6,8-9,11-13,19,22,29H,4,7,10,14-16H2,1-3H3,(H2,25,26,27). The number of aliphatic imine (C=N–C) groups is 1. The van der Waals surface area contributed by atoms with Crippen LogP contribution in [-0.2, 0) is 6.54 Å². The summed E-state index contributed by atoms with van der Waals surface area (Å²) in [5.41, 5.74) is 1.98. The lowest BCUT2D eigenvalue weighted by Crippen LogP contribution is -2.44. The number of guanidine groups is 1. The molecule has 0 amide bonds. The zero-order valence-corrected chi connectivity index (χ0v) is 18.5. The Morgan fingerprint density at radius 3 is 2.58 bits per heavy atom. The number of methoxy groups -OCH3 is 2. The van der Waals surface area contributed by atoms with Crippen LogP contribution in [0.2, 0.25) is 0 Å². The number of ether oxygens (including phenoxy) is 2. The molecule has 0 bridgehead atoms. The van der Waals surface area contributed by atoms with Gasteiger partial charge in [-0.1, -0.05) is 0 Å². The van der Waals surface area contributed by atoms with Crippen molar-refractivity contribution < 1.29 is 14.6 Å². The summed E-state index contributed by atoms with van der Waals surface area (Å²) in [6, 6.07) is 9.90. The molecule has 0 spiro atoms. The monoisotopic (exact) mass is 427 g/mol. The number of likely N-dealkylation sites (tertiary alicyclic amines) is 1. The van der Waals surface area contributed by atoms with E-state index in [9.17, 15) is 5.11 Å². The summed E-state index contributed by atoms with van der Waals surface area (Å²) < 4.78 is 10.8. The van der Waals surface area contributed by atoms with Gasteiger partial charge in [0.15, 0.2) is 5.96 Å². The van der Waals surface area contributed by atoms with Crippen molar-refractivity contribution in [1.29, 1.82) is 0 Å². The molecule has 1 aliphatic rings. The highest BCUT2D eigenvalue weighted by molar-refractivity contribution is 5.80. The van der Waals surface area contributed by atoms with E-state index in [-0.39, 0.29) is 0 Å². The molecule has 168 valence electrons. The van der Waals surface area contributed by atoms with Gasteiger partial charge in [0, 0.05) is 50.7 Å². The Labute approximate surface area is 184 Å². The van der Waals surface area contributed by atoms with Crippen LogP contribution in [0.1, 0.15) is 30.6 Å². The van der Waals surface area contributed by atoms with Crippen LogP contribution in [0.3, 0.4) is 0 Å². The highest BCUT2D eigenvalue weighted by Gasteiger charge is 2.23. The number of aliphatic hydroxyl groups is 1. The van der Waals surface area contributed by atoms with Crippen molar-refractivity contribution in [3.63, 3.8) is 0 Å². The van der Waals surface area contributed by atoms with Crippen molar-refractivity contribution in [3.05, 3.63) is 53.9 Å². The van der Waals surface area contributed by atoms with Gasteiger partial charge in [-0.2, -0.15) is 0 Å². The number of hydrogen-bond acceptors (Lipinski definition) is 6. The topological polar surface area (TPSA) is 91.2 Å². The molecule has 1 aromatic heterocycles. The molecular formula is C23H33N5O3. The number of aromatic nitrogens is 1. The largest absolute Gasteiger partial charge is 0.497 e. The summed E-state index contributed by atoms with van der Waals surface area (Å²) in [4.78, 5) is 11.0. The maximum atomic E-state index is 10.4. The minimum atomic E-state index is -0.651. The molecule has 0 aliphatic carbocycles. The van der Waals surface area contributed by atoms with Gasteiger partial charge in [-0.15, -0.1) is 0 Å². The number of nitrogens with zero attached hydrogens (tertiary/aromatic N) is 3. The summed E-state index contributed by atoms with van der Waals surface area (Å²) in [7, 11) is 3.34. The third kappa shape index (κ3) is 6.83. The van der Waals surface area contributed by atoms with Gasteiger partial charge in [-0.3, -0.25) is 14.9 Å². The van der Waals surface area contributed by atoms with Crippen molar-refractivity contribution >= 4 is 5.96 Å². The van der Waals surface area contributed by atoms with E-state index in [1.165, 1.54) is 0 Å². The molecule has 2 heterocycles. The molecule has 2 unspecified atom stereocenters. The Bertz CT molecular complexity index is 824. The first-order valence-corrected chi connectivity index (χ1v) is 10.7. The average molecular weight is 428 g/mol. The molecule has 1 aromatic carbocycles. The number of pyridine rings is 1. The molecule has 3 rings (SSSR count). The quantitative estimate of drug-likeness (QED) is 0.416. The molecule has 1 fully saturated rings. The van der Waals surface area contributed by atoms with Crippen LogP contribution in [0.25, 0.3) is 0 Å². The second-order valence-electron chi connectivity index (χ2n) is 7.60. The summed E-state index contributed by atoms with van der Waals surface area (Å²) in [5, 5.41) is 17.2. The number of hydrogen-bond donors (Lipinski definition) is 3. The molecule has 8 heteroatoms. The molecule has 0 saturated carbocycles. The van der Waals surface area contributed by atoms with E-state index < -0.39 is 6.10 Å². The predicted octanol–water partition coefficient (Wildman–Crippen LogP) is 1.96. The van der Waals surface area contributed by atoms with E-state index in [2.05, 4.69) is 37.6 Å². The van der Waals surface area contributed by atoms with Crippen LogP contribution < -0.4 is 20.1 Å². The SMILES string of the molecule is CCNC(=NCC(O)c1ccncc1)NC1CCN(Cc2cc(OC)cc(OC)c2)C1. The molecule has 1 aliphatic heterocycles. The minimum Gasteiger partial charge on any atom is -0.497 e. The van der Waals surface area contributed by atoms with E-state index in [0.717, 1.165) is 61.2 Å². The third-order valence-corrected chi connectivity index (χ3v) is 5.29. The minimum absolute atomic E-state index is 0.291. The molecule has 31 heavy (non-hydrogen) atoms. The van der Waals surface area contributed by atoms with E-state index >= 15 is 0 Å². The predicted molar refractivity (Wildman–Crippen MR) is 122 cm³/mol. The zero-order chi connectivity index (χ0) is 22.1. The van der Waals surface area contributed by atoms with Crippen molar-refractivity contribution in [3.8, 4) is 11.5 Å². The Morgan fingerprint density at radius 1 is 1.23 bits per heavy atom. The molecule has 3 N–H and O–H groups in total. The molecule has 8 nitrogen and oxygen atoms in total. The first-order valence-electron chi connectivity index (χ1n) is 10.7. The molecule has 2 atom stereocenters. The number of nitrogens with one attached hydrogen (secondary N) is 2. The van der Waals surface area contributed by atoms with Gasteiger partial charge in [0.2, 0.25) is 0 Å². The van der Waals surface area contributed by atoms with Gasteiger partial charge in [0.25, 0.3) is 0 Å². The molecule has 1 saturated heterocycles. The highest BCUT2D eigenvalue weighted by Crippen LogP contribution is 2.24. The van der Waals surface area contributed by atoms with Crippen LogP contribution in [0, 0.1) is 0 Å². The van der Waals surface area contributed by atoms with Gasteiger partial charge < -0.3 is 25.2 Å². The number of rotatable bonds is 9. The second kappa shape index (κ2) is 11.5. The van der Waals surface area contributed by atoms with Crippen LogP contribution in [-0.4, -0.2) is 67.4 Å². The summed E-state index contributed by atoms with van der Waals surface area (Å²) in [6.45, 7) is 5.83. The smallest absolute Gasteiger partial charge is 0.191 e. The van der Waals surface area contributed by atoms with E-state index in [0.29, 0.717) is 12.6 Å². The average Bonchev–Trinajstić information content (AvgIpc) is 3.24. The van der Waals surface area contributed by atoms with Crippen molar-refractivity contribution in [2.24, 2.45) is 4.99 Å². The fourth-order valence-electron chi connectivity index (χ4n) is 3.69. The van der Waals surface area contributed by atoms with E-state index in [4.69, 9.17) is 9.47 Å². The number of aliphatic hydroxyl groups excluding tert-OH is 1. The van der Waals surface area contributed by atoms with E-state index in [1.807, 2.05) is 25.1 Å². The Kier molecular flexibility index (Phi) is 8.49. The van der Waals surface area contributed by atoms with Crippen LogP contribution >= 0.6 is 0 Å². The fraction of sp³-hybridized carbons (Fsp3) is 0.478. The van der Waals surface area contributed by atoms with Crippen LogP contribution in [0.4, 0.5) is 0 Å². The highest BCUT2D eigenvalue weighted by atomic mass is 16.5. The summed E-state index contributed by atoms with van der Waals surface area (Å²) >= 11 is 0. The molecule has 2 aromatic rings. The lowest BCUT2D eigenvalue weighted by Gasteiger charge is -2.20. The number of benzene rings is 1. The molecular weight excluding hydrogens is 394 g/mol. The third-order valence-electron chi connectivity index (χ3n) is 5.29. The van der Waals surface area contributed by atoms with Gasteiger partial charge in [0.05, 0.1) is 26.9 Å². The Hall–Kier alpha value is -2.84. The van der Waals surface area contributed by atoms with Gasteiger partial charge in [-0.05, 0) is 48.7 Å². The van der Waals surface area contributed by atoms with Gasteiger partial charge >= 0.3 is 0 Å². The maximum Gasteiger partial charge on any atom is 0.191 e. The van der Waals surface area contributed by atoms with Gasteiger partial charge in [0.1, 0.15) is 11.5 Å². The van der Waals surface area contributed by atoms with Crippen molar-refractivity contribution in [2.75, 3.05) is 40.4 Å². The lowest BCUT2D eigenvalue weighted by molar-refractivity contribution is 0.187. The van der Waals surface area contributed by atoms with Crippen molar-refractivity contribution in [1.82, 2.24) is 20.5 Å². The lowest BCUT2D eigenvalue weighted by atomic mass is 10.1. The first-order chi connectivity index (χ1) is 15.1. The van der Waals surface area contributed by atoms with Gasteiger partial charge in [-0.25, -0.2) is 0 Å². The van der Waals surface area contributed by atoms with E-state index in [1.54, 1.807) is 26.6 Å². The van der Waals surface area contributed by atoms with Crippen LogP contribution in [0.5, 0.6) is 11.5 Å². The summed E-state index contributed by atoms with van der Waals surface area (Å²) in [6.07, 6.45) is 3.73. The maximum absolute atomic E-state index is 10.4.